The molecule has 0 aliphatic carbocycles. The molecule has 0 aliphatic heterocycles. The predicted molar refractivity (Wildman–Crippen MR) is 93.3 cm³/mol. The van der Waals surface area contributed by atoms with Crippen LogP contribution in [0.25, 0.3) is 0 Å². The van der Waals surface area contributed by atoms with Crippen LogP contribution in [0, 0.1) is 0 Å². The molecule has 0 bridgehead atoms. The highest BCUT2D eigenvalue weighted by atomic mass is 32.2. The quantitative estimate of drug-likeness (QED) is 0.531. The summed E-state index contributed by atoms with van der Waals surface area (Å²) in [5, 5.41) is 7.54. The average molecular weight is 315 g/mol. The van der Waals surface area contributed by atoms with Crippen molar-refractivity contribution in [3.8, 4) is 0 Å². The molecule has 0 unspecified atom stereocenters. The first kappa shape index (κ1) is 17.4. The fraction of sp³-hybridized carbons (Fsp3) is 0.714. The van der Waals surface area contributed by atoms with Gasteiger partial charge in [0.15, 0.2) is 5.16 Å². The van der Waals surface area contributed by atoms with Gasteiger partial charge in [-0.15, -0.1) is 0 Å². The Bertz CT molecular complexity index is 400. The lowest BCUT2D eigenvalue weighted by Gasteiger charge is -2.30. The summed E-state index contributed by atoms with van der Waals surface area (Å²) in [6.45, 7) is 8.36. The molecule has 0 atom stereocenters. The highest BCUT2D eigenvalue weighted by molar-refractivity contribution is 8.00. The standard InChI is InChI=1S/C14H26N4S2/c1-6-14(7-2,20-5)10-16-12-9-11(15-8-3)17-13(18-12)19-4/h9H,6-8,10H2,1-5H3,(H2,15,16,17,18). The van der Waals surface area contributed by atoms with E-state index in [2.05, 4.69) is 47.6 Å². The summed E-state index contributed by atoms with van der Waals surface area (Å²) in [6.07, 6.45) is 6.49. The zero-order chi connectivity index (χ0) is 15.0. The zero-order valence-corrected chi connectivity index (χ0v) is 14.7. The number of anilines is 2. The third-order valence-corrected chi connectivity index (χ3v) is 5.69. The van der Waals surface area contributed by atoms with Gasteiger partial charge in [0.05, 0.1) is 0 Å². The number of nitrogens with zero attached hydrogens (tertiary/aromatic N) is 2. The predicted octanol–water partition coefficient (Wildman–Crippen LogP) is 3.96. The van der Waals surface area contributed by atoms with Crippen LogP contribution >= 0.6 is 23.5 Å². The Hall–Kier alpha value is -0.620. The molecule has 1 aromatic rings. The lowest BCUT2D eigenvalue weighted by atomic mass is 10.0. The van der Waals surface area contributed by atoms with E-state index in [0.717, 1.165) is 42.7 Å². The van der Waals surface area contributed by atoms with Crippen molar-refractivity contribution in [2.24, 2.45) is 0 Å². The maximum atomic E-state index is 4.53. The summed E-state index contributed by atoms with van der Waals surface area (Å²) < 4.78 is 0.281. The van der Waals surface area contributed by atoms with Crippen molar-refractivity contribution in [2.75, 3.05) is 36.2 Å². The Labute approximate surface area is 131 Å². The van der Waals surface area contributed by atoms with Crippen molar-refractivity contribution < 1.29 is 0 Å². The summed E-state index contributed by atoms with van der Waals surface area (Å²) in [6, 6.07) is 1.99. The summed E-state index contributed by atoms with van der Waals surface area (Å²) >= 11 is 3.50. The van der Waals surface area contributed by atoms with Crippen molar-refractivity contribution >= 4 is 35.2 Å². The molecule has 4 nitrogen and oxygen atoms in total. The van der Waals surface area contributed by atoms with Crippen molar-refractivity contribution in [1.82, 2.24) is 9.97 Å². The van der Waals surface area contributed by atoms with E-state index >= 15 is 0 Å². The highest BCUT2D eigenvalue weighted by Gasteiger charge is 2.24. The SMILES string of the molecule is CCNc1cc(NCC(CC)(CC)SC)nc(SC)n1. The highest BCUT2D eigenvalue weighted by Crippen LogP contribution is 2.30. The van der Waals surface area contributed by atoms with Crippen LogP contribution in [0.1, 0.15) is 33.6 Å². The molecule has 0 aromatic carbocycles. The average Bonchev–Trinajstić information content (AvgIpc) is 2.49. The molecular formula is C14H26N4S2. The van der Waals surface area contributed by atoms with Gasteiger partial charge in [-0.3, -0.25) is 0 Å². The van der Waals surface area contributed by atoms with Crippen LogP contribution in [0.15, 0.2) is 11.2 Å². The smallest absolute Gasteiger partial charge is 0.191 e. The number of nitrogens with one attached hydrogen (secondary N) is 2. The number of thioether (sulfide) groups is 2. The number of aromatic nitrogens is 2. The van der Waals surface area contributed by atoms with Crippen LogP contribution in [0.4, 0.5) is 11.6 Å². The Kier molecular flexibility index (Phi) is 7.51. The molecule has 0 amide bonds. The van der Waals surface area contributed by atoms with Gasteiger partial charge < -0.3 is 10.6 Å². The molecule has 0 fully saturated rings. The van der Waals surface area contributed by atoms with Gasteiger partial charge >= 0.3 is 0 Å². The fourth-order valence-corrected chi connectivity index (χ4v) is 3.16. The van der Waals surface area contributed by atoms with Gasteiger partial charge in [-0.2, -0.15) is 11.8 Å². The molecule has 1 rings (SSSR count). The van der Waals surface area contributed by atoms with Crippen LogP contribution in [0.5, 0.6) is 0 Å². The van der Waals surface area contributed by atoms with Gasteiger partial charge in [-0.05, 0) is 32.3 Å². The second-order valence-corrected chi connectivity index (χ2v) is 6.65. The largest absolute Gasteiger partial charge is 0.370 e. The third kappa shape index (κ3) is 4.74. The van der Waals surface area contributed by atoms with Crippen LogP contribution in [0.3, 0.4) is 0 Å². The normalized spacial score (nSPS) is 11.4. The molecule has 114 valence electrons. The summed E-state index contributed by atoms with van der Waals surface area (Å²) in [5.41, 5.74) is 0. The first-order valence-electron chi connectivity index (χ1n) is 7.09. The minimum atomic E-state index is 0.281. The molecular weight excluding hydrogens is 288 g/mol. The Morgan fingerprint density at radius 1 is 1.05 bits per heavy atom. The Balaban J connectivity index is 2.83. The van der Waals surface area contributed by atoms with Crippen LogP contribution in [-0.2, 0) is 0 Å². The summed E-state index contributed by atoms with van der Waals surface area (Å²) in [7, 11) is 0. The lowest BCUT2D eigenvalue weighted by Crippen LogP contribution is -2.32. The van der Waals surface area contributed by atoms with Gasteiger partial charge in [0, 0.05) is 23.9 Å². The Morgan fingerprint density at radius 3 is 2.10 bits per heavy atom. The third-order valence-electron chi connectivity index (χ3n) is 3.56. The molecule has 0 aliphatic rings. The lowest BCUT2D eigenvalue weighted by molar-refractivity contribution is 0.573. The number of hydrogen-bond donors (Lipinski definition) is 2. The van der Waals surface area contributed by atoms with E-state index in [4.69, 9.17) is 0 Å². The van der Waals surface area contributed by atoms with Crippen molar-refractivity contribution in [2.45, 2.75) is 43.5 Å². The molecule has 0 radical (unpaired) electrons. The number of rotatable bonds is 9. The van der Waals surface area contributed by atoms with Crippen molar-refractivity contribution in [1.29, 1.82) is 0 Å². The first-order valence-corrected chi connectivity index (χ1v) is 9.54. The van der Waals surface area contributed by atoms with E-state index in [1.165, 1.54) is 0 Å². The molecule has 0 spiro atoms. The van der Waals surface area contributed by atoms with Crippen molar-refractivity contribution in [3.05, 3.63) is 6.07 Å². The van der Waals surface area contributed by atoms with E-state index in [0.29, 0.717) is 0 Å². The molecule has 0 saturated heterocycles. The number of hydrogen-bond acceptors (Lipinski definition) is 6. The fourth-order valence-electron chi connectivity index (χ4n) is 1.99. The Morgan fingerprint density at radius 2 is 1.65 bits per heavy atom. The summed E-state index contributed by atoms with van der Waals surface area (Å²) in [4.78, 5) is 8.97. The second-order valence-electron chi connectivity index (χ2n) is 4.60. The topological polar surface area (TPSA) is 49.8 Å². The van der Waals surface area contributed by atoms with Gasteiger partial charge in [-0.25, -0.2) is 9.97 Å². The van der Waals surface area contributed by atoms with Gasteiger partial charge in [0.25, 0.3) is 0 Å². The molecule has 2 N–H and O–H groups in total. The van der Waals surface area contributed by atoms with E-state index in [9.17, 15) is 0 Å². The van der Waals surface area contributed by atoms with Crippen LogP contribution in [0.2, 0.25) is 0 Å². The van der Waals surface area contributed by atoms with Crippen molar-refractivity contribution in [3.63, 3.8) is 0 Å². The minimum Gasteiger partial charge on any atom is -0.370 e. The van der Waals surface area contributed by atoms with E-state index in [1.54, 1.807) is 11.8 Å². The monoisotopic (exact) mass is 314 g/mol. The summed E-state index contributed by atoms with van der Waals surface area (Å²) in [5.74, 6) is 1.79. The van der Waals surface area contributed by atoms with E-state index in [1.807, 2.05) is 24.1 Å². The molecule has 20 heavy (non-hydrogen) atoms. The maximum Gasteiger partial charge on any atom is 0.191 e. The zero-order valence-electron chi connectivity index (χ0n) is 13.1. The van der Waals surface area contributed by atoms with E-state index < -0.39 is 0 Å². The minimum absolute atomic E-state index is 0.281. The molecule has 6 heteroatoms. The second kappa shape index (κ2) is 8.62. The van der Waals surface area contributed by atoms with Crippen LogP contribution in [-0.4, -0.2) is 40.3 Å². The van der Waals surface area contributed by atoms with Gasteiger partial charge in [-0.1, -0.05) is 25.6 Å². The molecule has 1 heterocycles. The van der Waals surface area contributed by atoms with Crippen LogP contribution < -0.4 is 10.6 Å². The van der Waals surface area contributed by atoms with E-state index in [-0.39, 0.29) is 4.75 Å². The first-order chi connectivity index (χ1) is 9.62. The molecule has 0 saturated carbocycles. The van der Waals surface area contributed by atoms with Gasteiger partial charge in [0.2, 0.25) is 0 Å². The van der Waals surface area contributed by atoms with Gasteiger partial charge in [0.1, 0.15) is 11.6 Å². The maximum absolute atomic E-state index is 4.53. The molecule has 1 aromatic heterocycles.